The van der Waals surface area contributed by atoms with Crippen molar-refractivity contribution >= 4 is 26.8 Å². The SMILES string of the molecule is CC(C)C1COCCN1C(=O)C1CCC(NS(=O)(=O)c2ccc3cc(C4CC4)n(C)c3c2)CC1. The molecule has 1 unspecified atom stereocenters. The largest absolute Gasteiger partial charge is 0.377 e. The molecule has 8 heteroatoms. The van der Waals surface area contributed by atoms with E-state index in [1.165, 1.54) is 18.5 Å². The van der Waals surface area contributed by atoms with E-state index in [0.29, 0.717) is 49.3 Å². The quantitative estimate of drug-likeness (QED) is 0.673. The van der Waals surface area contributed by atoms with Crippen molar-refractivity contribution in [1.82, 2.24) is 14.2 Å². The highest BCUT2D eigenvalue weighted by Crippen LogP contribution is 2.42. The zero-order valence-electron chi connectivity index (χ0n) is 20.5. The number of hydrogen-bond acceptors (Lipinski definition) is 4. The smallest absolute Gasteiger partial charge is 0.240 e. The van der Waals surface area contributed by atoms with Crippen molar-refractivity contribution in [3.8, 4) is 0 Å². The van der Waals surface area contributed by atoms with Crippen LogP contribution in [-0.2, 0) is 26.6 Å². The van der Waals surface area contributed by atoms with E-state index in [1.807, 2.05) is 18.0 Å². The molecule has 3 aliphatic rings. The third kappa shape index (κ3) is 4.64. The van der Waals surface area contributed by atoms with Crippen molar-refractivity contribution < 1.29 is 17.9 Å². The Hall–Kier alpha value is -1.90. The molecule has 1 atom stereocenters. The summed E-state index contributed by atoms with van der Waals surface area (Å²) in [6.45, 7) is 6.11. The molecule has 186 valence electrons. The number of morpholine rings is 1. The van der Waals surface area contributed by atoms with E-state index in [2.05, 4.69) is 29.2 Å². The topological polar surface area (TPSA) is 80.6 Å². The van der Waals surface area contributed by atoms with Gasteiger partial charge in [0.2, 0.25) is 15.9 Å². The van der Waals surface area contributed by atoms with E-state index < -0.39 is 10.0 Å². The normalized spacial score (nSPS) is 26.4. The second-order valence-electron chi connectivity index (χ2n) is 10.7. The van der Waals surface area contributed by atoms with Crippen LogP contribution in [-0.4, -0.2) is 55.6 Å². The number of aryl methyl sites for hydroxylation is 1. The lowest BCUT2D eigenvalue weighted by molar-refractivity contribution is -0.147. The molecule has 1 aromatic heterocycles. The number of aromatic nitrogens is 1. The molecular formula is C26H37N3O4S. The lowest BCUT2D eigenvalue weighted by atomic mass is 9.85. The molecule has 3 fully saturated rings. The number of amides is 1. The molecular weight excluding hydrogens is 450 g/mol. The number of hydrogen-bond donors (Lipinski definition) is 1. The number of nitrogens with one attached hydrogen (secondary N) is 1. The van der Waals surface area contributed by atoms with Gasteiger partial charge in [0, 0.05) is 36.8 Å². The van der Waals surface area contributed by atoms with Crippen LogP contribution in [0.5, 0.6) is 0 Å². The number of sulfonamides is 1. The fourth-order valence-electron chi connectivity index (χ4n) is 5.70. The Kier molecular flexibility index (Phi) is 6.50. The Labute approximate surface area is 202 Å². The van der Waals surface area contributed by atoms with Crippen LogP contribution in [0.15, 0.2) is 29.2 Å². The van der Waals surface area contributed by atoms with Crippen molar-refractivity contribution in [2.24, 2.45) is 18.9 Å². The minimum atomic E-state index is -3.62. The lowest BCUT2D eigenvalue weighted by Gasteiger charge is -2.41. The van der Waals surface area contributed by atoms with Crippen LogP contribution in [0.2, 0.25) is 0 Å². The minimum absolute atomic E-state index is 0.0272. The average Bonchev–Trinajstić information content (AvgIpc) is 3.62. The predicted octanol–water partition coefficient (Wildman–Crippen LogP) is 3.78. The van der Waals surface area contributed by atoms with Crippen LogP contribution >= 0.6 is 0 Å². The molecule has 1 aliphatic heterocycles. The van der Waals surface area contributed by atoms with Crippen LogP contribution in [0, 0.1) is 11.8 Å². The van der Waals surface area contributed by atoms with E-state index in [0.717, 1.165) is 23.7 Å². The predicted molar refractivity (Wildman–Crippen MR) is 132 cm³/mol. The summed E-state index contributed by atoms with van der Waals surface area (Å²) in [5.41, 5.74) is 2.25. The molecule has 2 heterocycles. The molecule has 1 aromatic carbocycles. The van der Waals surface area contributed by atoms with Gasteiger partial charge in [-0.2, -0.15) is 0 Å². The van der Waals surface area contributed by atoms with Gasteiger partial charge < -0.3 is 14.2 Å². The summed E-state index contributed by atoms with van der Waals surface area (Å²) in [4.78, 5) is 15.5. The molecule has 0 spiro atoms. The monoisotopic (exact) mass is 487 g/mol. The summed E-state index contributed by atoms with van der Waals surface area (Å²) in [5, 5.41) is 1.09. The summed E-state index contributed by atoms with van der Waals surface area (Å²) >= 11 is 0. The van der Waals surface area contributed by atoms with E-state index in [1.54, 1.807) is 12.1 Å². The number of carbonyl (C=O) groups excluding carboxylic acids is 1. The summed E-state index contributed by atoms with van der Waals surface area (Å²) < 4.78 is 37.0. The van der Waals surface area contributed by atoms with Gasteiger partial charge in [-0.25, -0.2) is 13.1 Å². The highest BCUT2D eigenvalue weighted by atomic mass is 32.2. The van der Waals surface area contributed by atoms with Gasteiger partial charge in [-0.05, 0) is 73.9 Å². The van der Waals surface area contributed by atoms with E-state index in [-0.39, 0.29) is 23.9 Å². The summed E-state index contributed by atoms with van der Waals surface area (Å²) in [5.74, 6) is 1.15. The van der Waals surface area contributed by atoms with Gasteiger partial charge in [-0.3, -0.25) is 4.79 Å². The first-order valence-corrected chi connectivity index (χ1v) is 14.2. The standard InChI is InChI=1S/C26H37N3O4S/c1-17(2)25-16-33-13-12-29(25)26(30)19-6-9-21(10-7-19)27-34(31,32)22-11-8-20-14-23(18-4-5-18)28(3)24(20)15-22/h8,11,14-15,17-19,21,25,27H,4-7,9-10,12-13,16H2,1-3H3. The van der Waals surface area contributed by atoms with Crippen molar-refractivity contribution in [2.75, 3.05) is 19.8 Å². The van der Waals surface area contributed by atoms with Gasteiger partial charge in [0.05, 0.1) is 24.2 Å². The van der Waals surface area contributed by atoms with Crippen LogP contribution in [0.4, 0.5) is 0 Å². The maximum atomic E-state index is 13.2. The van der Waals surface area contributed by atoms with Crippen molar-refractivity contribution in [3.63, 3.8) is 0 Å². The van der Waals surface area contributed by atoms with Crippen LogP contribution in [0.1, 0.15) is 64.0 Å². The summed E-state index contributed by atoms with van der Waals surface area (Å²) in [6, 6.07) is 7.60. The van der Waals surface area contributed by atoms with Gasteiger partial charge in [-0.15, -0.1) is 0 Å². The molecule has 0 bridgehead atoms. The number of ether oxygens (including phenoxy) is 1. The third-order valence-electron chi connectivity index (χ3n) is 7.98. The maximum absolute atomic E-state index is 13.2. The Morgan fingerprint density at radius 2 is 1.82 bits per heavy atom. The van der Waals surface area contributed by atoms with Gasteiger partial charge in [0.1, 0.15) is 0 Å². The van der Waals surface area contributed by atoms with E-state index in [9.17, 15) is 13.2 Å². The van der Waals surface area contributed by atoms with Crippen molar-refractivity contribution in [3.05, 3.63) is 30.0 Å². The maximum Gasteiger partial charge on any atom is 0.240 e. The second kappa shape index (κ2) is 9.28. The first-order valence-electron chi connectivity index (χ1n) is 12.7. The molecule has 2 saturated carbocycles. The summed E-state index contributed by atoms with van der Waals surface area (Å²) in [7, 11) is -1.59. The highest BCUT2D eigenvalue weighted by Gasteiger charge is 2.36. The molecule has 0 radical (unpaired) electrons. The number of rotatable bonds is 6. The Morgan fingerprint density at radius 3 is 2.50 bits per heavy atom. The minimum Gasteiger partial charge on any atom is -0.377 e. The number of benzene rings is 1. The lowest BCUT2D eigenvalue weighted by Crippen LogP contribution is -2.53. The number of fused-ring (bicyclic) bond motifs is 1. The first kappa shape index (κ1) is 23.8. The van der Waals surface area contributed by atoms with Crippen LogP contribution in [0.3, 0.4) is 0 Å². The Morgan fingerprint density at radius 1 is 1.09 bits per heavy atom. The van der Waals surface area contributed by atoms with Crippen LogP contribution in [0.25, 0.3) is 10.9 Å². The van der Waals surface area contributed by atoms with Gasteiger partial charge in [-0.1, -0.05) is 19.9 Å². The molecule has 1 amide bonds. The average molecular weight is 488 g/mol. The van der Waals surface area contributed by atoms with Gasteiger partial charge in [0.25, 0.3) is 0 Å². The van der Waals surface area contributed by atoms with Gasteiger partial charge in [0.15, 0.2) is 0 Å². The molecule has 7 nitrogen and oxygen atoms in total. The first-order chi connectivity index (χ1) is 16.2. The van der Waals surface area contributed by atoms with Crippen molar-refractivity contribution in [2.45, 2.75) is 75.3 Å². The molecule has 1 N–H and O–H groups in total. The van der Waals surface area contributed by atoms with E-state index >= 15 is 0 Å². The van der Waals surface area contributed by atoms with Gasteiger partial charge >= 0.3 is 0 Å². The zero-order valence-corrected chi connectivity index (χ0v) is 21.3. The second-order valence-corrected chi connectivity index (χ2v) is 12.4. The Bertz CT molecular complexity index is 1160. The molecule has 5 rings (SSSR count). The molecule has 34 heavy (non-hydrogen) atoms. The highest BCUT2D eigenvalue weighted by molar-refractivity contribution is 7.89. The molecule has 2 aromatic rings. The Balaban J connectivity index is 1.23. The number of nitrogens with zero attached hydrogens (tertiary/aromatic N) is 2. The van der Waals surface area contributed by atoms with Crippen LogP contribution < -0.4 is 4.72 Å². The van der Waals surface area contributed by atoms with Crippen molar-refractivity contribution in [1.29, 1.82) is 0 Å². The van der Waals surface area contributed by atoms with E-state index in [4.69, 9.17) is 4.74 Å². The molecule has 2 aliphatic carbocycles. The fourth-order valence-corrected chi connectivity index (χ4v) is 7.02. The third-order valence-corrected chi connectivity index (χ3v) is 9.49. The molecule has 1 saturated heterocycles. The summed E-state index contributed by atoms with van der Waals surface area (Å²) in [6.07, 6.45) is 5.23. The number of carbonyl (C=O) groups is 1. The zero-order chi connectivity index (χ0) is 24.0. The fraction of sp³-hybridized carbons (Fsp3) is 0.654.